The lowest BCUT2D eigenvalue weighted by molar-refractivity contribution is -0.161. The Morgan fingerprint density at radius 2 is 1.43 bits per heavy atom. The summed E-state index contributed by atoms with van der Waals surface area (Å²) in [6.45, 7) is -0.106. The summed E-state index contributed by atoms with van der Waals surface area (Å²) < 4.78 is 42.7. The Hall–Kier alpha value is -5.38. The van der Waals surface area contributed by atoms with E-state index in [1.165, 1.54) is 30.3 Å². The Labute approximate surface area is 236 Å². The first kappa shape index (κ1) is 26.8. The van der Waals surface area contributed by atoms with Crippen LogP contribution in [0, 0.1) is 0 Å². The Balaban J connectivity index is 1.39. The molecule has 0 bridgehead atoms. The van der Waals surface area contributed by atoms with Crippen LogP contribution in [0.15, 0.2) is 107 Å². The number of nitrogen functional groups attached to an aromatic ring is 1. The van der Waals surface area contributed by atoms with Crippen LogP contribution in [0.4, 0.5) is 24.7 Å². The molecule has 1 unspecified atom stereocenters. The number of carbonyl (C=O) groups is 1. The third-order valence-corrected chi connectivity index (χ3v) is 7.36. The number of amides is 1. The number of rotatable bonds is 5. The molecule has 5 aromatic carbocycles. The average Bonchev–Trinajstić information content (AvgIpc) is 2.97. The van der Waals surface area contributed by atoms with Crippen molar-refractivity contribution in [2.75, 3.05) is 11.1 Å². The zero-order valence-corrected chi connectivity index (χ0v) is 21.9. The lowest BCUT2D eigenvalue weighted by Crippen LogP contribution is -2.38. The molecule has 0 saturated heterocycles. The molecule has 7 nitrogen and oxygen atoms in total. The fourth-order valence-corrected chi connectivity index (χ4v) is 5.34. The van der Waals surface area contributed by atoms with Gasteiger partial charge in [0.1, 0.15) is 11.5 Å². The Bertz CT molecular complexity index is 2120. The van der Waals surface area contributed by atoms with E-state index in [1.54, 1.807) is 6.07 Å². The van der Waals surface area contributed by atoms with Gasteiger partial charge in [0.25, 0.3) is 5.56 Å². The SMILES string of the molecule is Nc1c(NC(=O)C(c2ccccc2)C(F)(F)F)c(=O)[nH]c(=O)n1Cc1ccc2ccc3c4ccccc4ccc3c2c1. The number of anilines is 2. The molecule has 0 aliphatic carbocycles. The highest BCUT2D eigenvalue weighted by molar-refractivity contribution is 6.17. The molecule has 42 heavy (non-hydrogen) atoms. The quantitative estimate of drug-likeness (QED) is 0.225. The van der Waals surface area contributed by atoms with Crippen LogP contribution in [-0.2, 0) is 11.3 Å². The second-order valence-electron chi connectivity index (χ2n) is 9.98. The summed E-state index contributed by atoms with van der Waals surface area (Å²) in [6.07, 6.45) is -4.94. The van der Waals surface area contributed by atoms with Gasteiger partial charge in [0, 0.05) is 0 Å². The fraction of sp³-hybridized carbons (Fsp3) is 0.0938. The van der Waals surface area contributed by atoms with E-state index in [1.807, 2.05) is 59.9 Å². The molecule has 0 radical (unpaired) electrons. The number of carbonyl (C=O) groups excluding carboxylic acids is 1. The summed E-state index contributed by atoms with van der Waals surface area (Å²) in [5, 5.41) is 8.17. The molecular weight excluding hydrogens is 545 g/mol. The molecule has 0 aliphatic rings. The van der Waals surface area contributed by atoms with E-state index in [4.69, 9.17) is 5.73 Å². The van der Waals surface area contributed by atoms with E-state index in [2.05, 4.69) is 11.1 Å². The number of nitrogens with two attached hydrogens (primary N) is 1. The van der Waals surface area contributed by atoms with Crippen molar-refractivity contribution in [3.63, 3.8) is 0 Å². The highest BCUT2D eigenvalue weighted by atomic mass is 19.4. The molecule has 1 amide bonds. The summed E-state index contributed by atoms with van der Waals surface area (Å²) in [4.78, 5) is 40.3. The van der Waals surface area contributed by atoms with Gasteiger partial charge in [0.2, 0.25) is 5.91 Å². The van der Waals surface area contributed by atoms with E-state index in [0.717, 1.165) is 36.9 Å². The highest BCUT2D eigenvalue weighted by Gasteiger charge is 2.46. The van der Waals surface area contributed by atoms with Crippen LogP contribution in [0.5, 0.6) is 0 Å². The van der Waals surface area contributed by atoms with Crippen LogP contribution in [0.3, 0.4) is 0 Å². The predicted molar refractivity (Wildman–Crippen MR) is 158 cm³/mol. The van der Waals surface area contributed by atoms with Crippen molar-refractivity contribution in [2.24, 2.45) is 0 Å². The maximum Gasteiger partial charge on any atom is 0.404 e. The minimum atomic E-state index is -4.94. The van der Waals surface area contributed by atoms with Crippen molar-refractivity contribution in [1.82, 2.24) is 9.55 Å². The standard InChI is InChI=1S/C32H23F3N4O3/c33-32(34,35)26(21-7-2-1-3-8-21)29(40)37-27-28(36)39(31(42)38-30(27)41)17-18-10-11-20-13-14-23-22-9-5-4-6-19(22)12-15-24(23)25(20)16-18/h1-16,26H,17,36H2,(H,37,40)(H,38,41,42). The molecule has 10 heteroatoms. The molecule has 1 heterocycles. The highest BCUT2D eigenvalue weighted by Crippen LogP contribution is 2.36. The summed E-state index contributed by atoms with van der Waals surface area (Å²) >= 11 is 0. The van der Waals surface area contributed by atoms with Crippen molar-refractivity contribution in [1.29, 1.82) is 0 Å². The van der Waals surface area contributed by atoms with E-state index < -0.39 is 40.8 Å². The van der Waals surface area contributed by atoms with Gasteiger partial charge in [-0.25, -0.2) is 4.79 Å². The van der Waals surface area contributed by atoms with Crippen molar-refractivity contribution in [3.8, 4) is 0 Å². The number of aromatic amines is 1. The monoisotopic (exact) mass is 568 g/mol. The molecule has 0 fully saturated rings. The topological polar surface area (TPSA) is 110 Å². The number of benzene rings is 5. The van der Waals surface area contributed by atoms with Gasteiger partial charge >= 0.3 is 11.9 Å². The number of halogens is 3. The summed E-state index contributed by atoms with van der Waals surface area (Å²) in [5.41, 5.74) is 3.88. The van der Waals surface area contributed by atoms with Crippen LogP contribution >= 0.6 is 0 Å². The van der Waals surface area contributed by atoms with Gasteiger partial charge in [-0.3, -0.25) is 19.1 Å². The molecule has 0 saturated carbocycles. The number of H-pyrrole nitrogens is 1. The number of hydrogen-bond acceptors (Lipinski definition) is 4. The normalized spacial score (nSPS) is 12.5. The Morgan fingerprint density at radius 1 is 0.810 bits per heavy atom. The number of nitrogens with one attached hydrogen (secondary N) is 2. The van der Waals surface area contributed by atoms with E-state index in [0.29, 0.717) is 5.56 Å². The summed E-state index contributed by atoms with van der Waals surface area (Å²) in [5.74, 6) is -4.52. The van der Waals surface area contributed by atoms with E-state index in [9.17, 15) is 27.6 Å². The molecule has 210 valence electrons. The fourth-order valence-electron chi connectivity index (χ4n) is 5.34. The van der Waals surface area contributed by atoms with Gasteiger partial charge in [-0.05, 0) is 49.5 Å². The van der Waals surface area contributed by atoms with Gasteiger partial charge in [0.05, 0.1) is 6.54 Å². The largest absolute Gasteiger partial charge is 0.404 e. The smallest absolute Gasteiger partial charge is 0.383 e. The Morgan fingerprint density at radius 3 is 2.14 bits per heavy atom. The predicted octanol–water partition coefficient (Wildman–Crippen LogP) is 5.91. The molecule has 0 spiro atoms. The first-order valence-electron chi connectivity index (χ1n) is 13.0. The zero-order valence-electron chi connectivity index (χ0n) is 21.9. The number of aromatic nitrogens is 2. The van der Waals surface area contributed by atoms with Crippen LogP contribution in [-0.4, -0.2) is 21.6 Å². The zero-order chi connectivity index (χ0) is 29.6. The van der Waals surface area contributed by atoms with Crippen molar-refractivity contribution in [2.45, 2.75) is 18.6 Å². The minimum absolute atomic E-state index is 0.106. The van der Waals surface area contributed by atoms with Gasteiger partial charge < -0.3 is 11.1 Å². The van der Waals surface area contributed by atoms with Crippen molar-refractivity contribution < 1.29 is 18.0 Å². The maximum atomic E-state index is 13.9. The molecule has 0 aliphatic heterocycles. The molecular formula is C32H23F3N4O3. The van der Waals surface area contributed by atoms with Crippen molar-refractivity contribution in [3.05, 3.63) is 129 Å². The lowest BCUT2D eigenvalue weighted by atomic mass is 9.96. The summed E-state index contributed by atoms with van der Waals surface area (Å²) in [7, 11) is 0. The van der Waals surface area contributed by atoms with Gasteiger partial charge in [-0.1, -0.05) is 91.0 Å². The first-order valence-corrected chi connectivity index (χ1v) is 13.0. The van der Waals surface area contributed by atoms with Crippen LogP contribution in [0.2, 0.25) is 0 Å². The van der Waals surface area contributed by atoms with E-state index in [-0.39, 0.29) is 12.1 Å². The third-order valence-electron chi connectivity index (χ3n) is 7.36. The lowest BCUT2D eigenvalue weighted by Gasteiger charge is -2.21. The second kappa shape index (κ2) is 10.2. The minimum Gasteiger partial charge on any atom is -0.383 e. The average molecular weight is 569 g/mol. The van der Waals surface area contributed by atoms with E-state index >= 15 is 0 Å². The molecule has 6 aromatic rings. The van der Waals surface area contributed by atoms with Gasteiger partial charge in [0.15, 0.2) is 5.92 Å². The maximum absolute atomic E-state index is 13.9. The first-order chi connectivity index (χ1) is 20.1. The molecule has 1 aromatic heterocycles. The molecule has 6 rings (SSSR count). The van der Waals surface area contributed by atoms with Gasteiger partial charge in [-0.2, -0.15) is 13.2 Å². The molecule has 4 N–H and O–H groups in total. The van der Waals surface area contributed by atoms with Crippen LogP contribution < -0.4 is 22.3 Å². The van der Waals surface area contributed by atoms with Crippen LogP contribution in [0.25, 0.3) is 32.3 Å². The number of alkyl halides is 3. The number of fused-ring (bicyclic) bond motifs is 5. The van der Waals surface area contributed by atoms with Crippen LogP contribution in [0.1, 0.15) is 17.0 Å². The Kier molecular flexibility index (Phi) is 6.53. The van der Waals surface area contributed by atoms with Crippen molar-refractivity contribution >= 4 is 49.7 Å². The number of nitrogens with zero attached hydrogens (tertiary/aromatic N) is 1. The second-order valence-corrected chi connectivity index (χ2v) is 9.98. The summed E-state index contributed by atoms with van der Waals surface area (Å²) in [6, 6.07) is 28.3. The third kappa shape index (κ3) is 4.77. The number of hydrogen-bond donors (Lipinski definition) is 3. The molecule has 1 atom stereocenters. The van der Waals surface area contributed by atoms with Gasteiger partial charge in [-0.15, -0.1) is 0 Å².